The molecule has 1 amide bonds. The van der Waals surface area contributed by atoms with Crippen molar-refractivity contribution in [3.8, 4) is 0 Å². The van der Waals surface area contributed by atoms with Crippen LogP contribution in [0.1, 0.15) is 24.0 Å². The zero-order valence-electron chi connectivity index (χ0n) is 16.3. The Bertz CT molecular complexity index is 1000. The molecule has 0 saturated carbocycles. The molecule has 1 heterocycles. The molecule has 1 atom stereocenters. The zero-order valence-corrected chi connectivity index (χ0v) is 18.6. The quantitative estimate of drug-likeness (QED) is 0.661. The highest BCUT2D eigenvalue weighted by Gasteiger charge is 2.32. The van der Waals surface area contributed by atoms with Crippen LogP contribution in [0.3, 0.4) is 0 Å². The maximum absolute atomic E-state index is 13.0. The van der Waals surface area contributed by atoms with Gasteiger partial charge < -0.3 is 5.32 Å². The van der Waals surface area contributed by atoms with Crippen molar-refractivity contribution < 1.29 is 17.6 Å². The van der Waals surface area contributed by atoms with Crippen LogP contribution < -0.4 is 5.32 Å². The van der Waals surface area contributed by atoms with Gasteiger partial charge in [0.2, 0.25) is 15.9 Å². The second-order valence-corrected chi connectivity index (χ2v) is 10.2. The molecule has 0 spiro atoms. The fourth-order valence-corrected chi connectivity index (χ4v) is 5.38. The number of benzene rings is 2. The Morgan fingerprint density at radius 2 is 1.80 bits per heavy atom. The summed E-state index contributed by atoms with van der Waals surface area (Å²) < 4.78 is 40.0. The number of carbonyl (C=O) groups is 1. The Morgan fingerprint density at radius 3 is 2.50 bits per heavy atom. The van der Waals surface area contributed by atoms with Crippen LogP contribution in [0.15, 0.2) is 42.5 Å². The van der Waals surface area contributed by atoms with Crippen LogP contribution in [0, 0.1) is 11.7 Å². The minimum atomic E-state index is -3.58. The largest absolute Gasteiger partial charge is 0.355 e. The van der Waals surface area contributed by atoms with E-state index in [4.69, 9.17) is 23.2 Å². The van der Waals surface area contributed by atoms with Crippen LogP contribution in [-0.4, -0.2) is 38.3 Å². The van der Waals surface area contributed by atoms with Gasteiger partial charge in [0, 0.05) is 19.6 Å². The highest BCUT2D eigenvalue weighted by Crippen LogP contribution is 2.26. The van der Waals surface area contributed by atoms with E-state index in [0.717, 1.165) is 5.56 Å². The summed E-state index contributed by atoms with van der Waals surface area (Å²) in [5.74, 6) is -1.04. The van der Waals surface area contributed by atoms with E-state index >= 15 is 0 Å². The van der Waals surface area contributed by atoms with Crippen LogP contribution in [-0.2, 0) is 27.0 Å². The van der Waals surface area contributed by atoms with Crippen molar-refractivity contribution in [1.29, 1.82) is 0 Å². The van der Waals surface area contributed by atoms with Crippen molar-refractivity contribution in [2.24, 2.45) is 5.92 Å². The maximum atomic E-state index is 13.0. The number of halogens is 3. The standard InChI is InChI=1S/C21H23Cl2FN2O3S/c22-19-8-5-16(12-20(19)23)14-30(28,29)26-11-1-2-17(13-26)21(27)25-10-9-15-3-6-18(24)7-4-15/h3-8,12,17H,1-2,9-11,13-14H2,(H,25,27)/t17-/m1/s1. The average Bonchev–Trinajstić information content (AvgIpc) is 2.72. The molecule has 0 bridgehead atoms. The van der Waals surface area contributed by atoms with Crippen molar-refractivity contribution in [2.45, 2.75) is 25.0 Å². The minimum absolute atomic E-state index is 0.159. The molecule has 1 N–H and O–H groups in total. The summed E-state index contributed by atoms with van der Waals surface area (Å²) in [7, 11) is -3.58. The molecular weight excluding hydrogens is 450 g/mol. The molecule has 30 heavy (non-hydrogen) atoms. The Labute approximate surface area is 186 Å². The lowest BCUT2D eigenvalue weighted by Gasteiger charge is -2.31. The van der Waals surface area contributed by atoms with E-state index < -0.39 is 15.9 Å². The summed E-state index contributed by atoms with van der Waals surface area (Å²) in [4.78, 5) is 12.5. The van der Waals surface area contributed by atoms with Gasteiger partial charge in [0.25, 0.3) is 0 Å². The molecule has 1 fully saturated rings. The summed E-state index contributed by atoms with van der Waals surface area (Å²) in [5.41, 5.74) is 1.47. The van der Waals surface area contributed by atoms with E-state index in [2.05, 4.69) is 5.32 Å². The van der Waals surface area contributed by atoms with Crippen molar-refractivity contribution in [1.82, 2.24) is 9.62 Å². The third-order valence-corrected chi connectivity index (χ3v) is 7.66. The first-order chi connectivity index (χ1) is 14.2. The van der Waals surface area contributed by atoms with Gasteiger partial charge >= 0.3 is 0 Å². The number of piperidine rings is 1. The highest BCUT2D eigenvalue weighted by atomic mass is 35.5. The van der Waals surface area contributed by atoms with Gasteiger partial charge in [0.1, 0.15) is 5.82 Å². The molecule has 3 rings (SSSR count). The van der Waals surface area contributed by atoms with Gasteiger partial charge in [-0.15, -0.1) is 0 Å². The summed E-state index contributed by atoms with van der Waals surface area (Å²) in [6, 6.07) is 10.9. The Balaban J connectivity index is 1.54. The van der Waals surface area contributed by atoms with Gasteiger partial charge in [-0.3, -0.25) is 4.79 Å². The molecule has 5 nitrogen and oxygen atoms in total. The maximum Gasteiger partial charge on any atom is 0.224 e. The van der Waals surface area contributed by atoms with Crippen molar-refractivity contribution in [2.75, 3.05) is 19.6 Å². The number of rotatable bonds is 7. The van der Waals surface area contributed by atoms with Gasteiger partial charge in [0.15, 0.2) is 0 Å². The van der Waals surface area contributed by atoms with E-state index in [0.29, 0.717) is 48.0 Å². The van der Waals surface area contributed by atoms with Crippen LogP contribution in [0.25, 0.3) is 0 Å². The monoisotopic (exact) mass is 472 g/mol. The van der Waals surface area contributed by atoms with E-state index in [1.165, 1.54) is 16.4 Å². The Kier molecular flexibility index (Phi) is 7.74. The number of nitrogens with zero attached hydrogens (tertiary/aromatic N) is 1. The number of amides is 1. The summed E-state index contributed by atoms with van der Waals surface area (Å²) in [5, 5.41) is 3.54. The third-order valence-electron chi connectivity index (χ3n) is 5.11. The zero-order chi connectivity index (χ0) is 21.7. The number of carbonyl (C=O) groups excluding carboxylic acids is 1. The van der Waals surface area contributed by atoms with Gasteiger partial charge in [-0.1, -0.05) is 41.4 Å². The molecule has 162 valence electrons. The molecule has 0 radical (unpaired) electrons. The predicted molar refractivity (Wildman–Crippen MR) is 116 cm³/mol. The van der Waals surface area contributed by atoms with Crippen molar-refractivity contribution in [3.63, 3.8) is 0 Å². The second-order valence-electron chi connectivity index (χ2n) is 7.37. The van der Waals surface area contributed by atoms with Crippen LogP contribution in [0.5, 0.6) is 0 Å². The molecule has 9 heteroatoms. The fraction of sp³-hybridized carbons (Fsp3) is 0.381. The lowest BCUT2D eigenvalue weighted by molar-refractivity contribution is -0.126. The molecule has 1 aliphatic heterocycles. The molecule has 1 saturated heterocycles. The van der Waals surface area contributed by atoms with Crippen molar-refractivity contribution in [3.05, 3.63) is 69.5 Å². The average molecular weight is 473 g/mol. The highest BCUT2D eigenvalue weighted by molar-refractivity contribution is 7.88. The predicted octanol–water partition coefficient (Wildman–Crippen LogP) is 4.03. The summed E-state index contributed by atoms with van der Waals surface area (Å²) in [6.07, 6.45) is 1.84. The number of hydrogen-bond donors (Lipinski definition) is 1. The second kappa shape index (κ2) is 10.1. The molecule has 2 aromatic carbocycles. The van der Waals surface area contributed by atoms with Gasteiger partial charge in [0.05, 0.1) is 21.7 Å². The Hall–Kier alpha value is -1.67. The van der Waals surface area contributed by atoms with Crippen LogP contribution >= 0.6 is 23.2 Å². The van der Waals surface area contributed by atoms with Crippen molar-refractivity contribution >= 4 is 39.1 Å². The van der Waals surface area contributed by atoms with E-state index in [-0.39, 0.29) is 24.0 Å². The molecule has 0 aliphatic carbocycles. The van der Waals surface area contributed by atoms with E-state index in [1.54, 1.807) is 30.3 Å². The summed E-state index contributed by atoms with van der Waals surface area (Å²) in [6.45, 7) is 0.964. The van der Waals surface area contributed by atoms with E-state index in [1.807, 2.05) is 0 Å². The van der Waals surface area contributed by atoms with E-state index in [9.17, 15) is 17.6 Å². The Morgan fingerprint density at radius 1 is 1.10 bits per heavy atom. The molecule has 0 unspecified atom stereocenters. The lowest BCUT2D eigenvalue weighted by Crippen LogP contribution is -2.46. The number of sulfonamides is 1. The van der Waals surface area contributed by atoms with Crippen LogP contribution in [0.2, 0.25) is 10.0 Å². The first kappa shape index (κ1) is 23.0. The molecule has 0 aromatic heterocycles. The molecule has 1 aliphatic rings. The normalized spacial score (nSPS) is 17.6. The fourth-order valence-electron chi connectivity index (χ4n) is 3.47. The molecular formula is C21H23Cl2FN2O3S. The summed E-state index contributed by atoms with van der Waals surface area (Å²) >= 11 is 11.9. The minimum Gasteiger partial charge on any atom is -0.355 e. The first-order valence-corrected chi connectivity index (χ1v) is 12.0. The first-order valence-electron chi connectivity index (χ1n) is 9.68. The van der Waals surface area contributed by atoms with Crippen LogP contribution in [0.4, 0.5) is 4.39 Å². The SMILES string of the molecule is O=C(NCCc1ccc(F)cc1)[C@@H]1CCCN(S(=O)(=O)Cc2ccc(Cl)c(Cl)c2)C1. The van der Waals surface area contributed by atoms with Gasteiger partial charge in [-0.05, 0) is 54.7 Å². The third kappa shape index (κ3) is 6.17. The smallest absolute Gasteiger partial charge is 0.224 e. The number of hydrogen-bond acceptors (Lipinski definition) is 3. The van der Waals surface area contributed by atoms with Gasteiger partial charge in [-0.2, -0.15) is 0 Å². The molecule has 2 aromatic rings. The topological polar surface area (TPSA) is 66.5 Å². The van der Waals surface area contributed by atoms with Gasteiger partial charge in [-0.25, -0.2) is 17.1 Å². The number of nitrogens with one attached hydrogen (secondary N) is 1. The lowest BCUT2D eigenvalue weighted by atomic mass is 9.99.